The Kier molecular flexibility index (Phi) is 5.93. The van der Waals surface area contributed by atoms with Crippen LogP contribution in [0.15, 0.2) is 0 Å². The highest BCUT2D eigenvalue weighted by molar-refractivity contribution is 5.82. The Labute approximate surface area is 90.4 Å². The number of ether oxygens (including phenoxy) is 1. The van der Waals surface area contributed by atoms with Gasteiger partial charge in [-0.2, -0.15) is 0 Å². The van der Waals surface area contributed by atoms with Crippen molar-refractivity contribution >= 4 is 11.9 Å². The molecule has 88 valence electrons. The van der Waals surface area contributed by atoms with Gasteiger partial charge in [-0.3, -0.25) is 14.9 Å². The zero-order valence-electron chi connectivity index (χ0n) is 9.74. The summed E-state index contributed by atoms with van der Waals surface area (Å²) in [7, 11) is 1.32. The third-order valence-corrected chi connectivity index (χ3v) is 2.25. The molecule has 0 aromatic carbocycles. The molecule has 2 atom stereocenters. The Balaban J connectivity index is 4.49. The molecule has 5 nitrogen and oxygen atoms in total. The normalized spacial score (nSPS) is 14.7. The Morgan fingerprint density at radius 2 is 1.93 bits per heavy atom. The summed E-state index contributed by atoms with van der Waals surface area (Å²) in [6.07, 6.45) is 0.559. The molecule has 0 aliphatic heterocycles. The number of hydrogen-bond donors (Lipinski definition) is 2. The van der Waals surface area contributed by atoms with Crippen LogP contribution in [-0.2, 0) is 14.3 Å². The van der Waals surface area contributed by atoms with Crippen molar-refractivity contribution in [2.24, 2.45) is 11.7 Å². The monoisotopic (exact) mass is 216 g/mol. The highest BCUT2D eigenvalue weighted by atomic mass is 16.5. The van der Waals surface area contributed by atoms with Gasteiger partial charge in [-0.05, 0) is 12.3 Å². The topological polar surface area (TPSA) is 81.4 Å². The molecular formula is C10H20N2O3. The summed E-state index contributed by atoms with van der Waals surface area (Å²) in [4.78, 5) is 22.4. The van der Waals surface area contributed by atoms with Gasteiger partial charge < -0.3 is 10.5 Å². The average molecular weight is 216 g/mol. The minimum atomic E-state index is -0.506. The number of rotatable bonds is 6. The Hall–Kier alpha value is -1.10. The minimum Gasteiger partial charge on any atom is -0.468 e. The fourth-order valence-electron chi connectivity index (χ4n) is 1.31. The number of methoxy groups -OCH3 is 1. The first-order valence-corrected chi connectivity index (χ1v) is 5.07. The van der Waals surface area contributed by atoms with E-state index in [2.05, 4.69) is 10.1 Å². The van der Waals surface area contributed by atoms with Gasteiger partial charge in [-0.15, -0.1) is 0 Å². The molecule has 0 heterocycles. The van der Waals surface area contributed by atoms with Crippen LogP contribution >= 0.6 is 0 Å². The van der Waals surface area contributed by atoms with Crippen molar-refractivity contribution in [2.75, 3.05) is 7.11 Å². The summed E-state index contributed by atoms with van der Waals surface area (Å²) in [5.74, 6) is -0.780. The van der Waals surface area contributed by atoms with E-state index in [4.69, 9.17) is 5.73 Å². The van der Waals surface area contributed by atoms with E-state index in [0.717, 1.165) is 0 Å². The molecule has 0 spiro atoms. The SMILES string of the molecule is CCC(NC(C(N)=O)C(C)C)C(=O)OC. The summed E-state index contributed by atoms with van der Waals surface area (Å²) in [5, 5.41) is 2.90. The van der Waals surface area contributed by atoms with E-state index in [1.165, 1.54) is 7.11 Å². The van der Waals surface area contributed by atoms with Crippen LogP contribution in [0.2, 0.25) is 0 Å². The number of nitrogens with one attached hydrogen (secondary N) is 1. The lowest BCUT2D eigenvalue weighted by Crippen LogP contribution is -2.52. The van der Waals surface area contributed by atoms with Gasteiger partial charge in [0.25, 0.3) is 0 Å². The second kappa shape index (κ2) is 6.40. The predicted molar refractivity (Wildman–Crippen MR) is 57.1 cm³/mol. The lowest BCUT2D eigenvalue weighted by atomic mass is 10.0. The highest BCUT2D eigenvalue weighted by Gasteiger charge is 2.26. The van der Waals surface area contributed by atoms with Crippen LogP contribution in [-0.4, -0.2) is 31.1 Å². The van der Waals surface area contributed by atoms with Crippen LogP contribution in [0.1, 0.15) is 27.2 Å². The number of primary amides is 1. The van der Waals surface area contributed by atoms with E-state index in [1.54, 1.807) is 0 Å². The summed E-state index contributed by atoms with van der Waals surface area (Å²) >= 11 is 0. The van der Waals surface area contributed by atoms with E-state index in [0.29, 0.717) is 6.42 Å². The van der Waals surface area contributed by atoms with E-state index in [1.807, 2.05) is 20.8 Å². The average Bonchev–Trinajstić information content (AvgIpc) is 2.17. The van der Waals surface area contributed by atoms with E-state index in [9.17, 15) is 9.59 Å². The highest BCUT2D eigenvalue weighted by Crippen LogP contribution is 2.04. The first-order valence-electron chi connectivity index (χ1n) is 5.07. The van der Waals surface area contributed by atoms with Gasteiger partial charge in [0, 0.05) is 0 Å². The van der Waals surface area contributed by atoms with Gasteiger partial charge >= 0.3 is 5.97 Å². The molecule has 0 aromatic heterocycles. The van der Waals surface area contributed by atoms with Crippen molar-refractivity contribution in [3.8, 4) is 0 Å². The molecule has 2 unspecified atom stereocenters. The molecule has 0 rings (SSSR count). The molecule has 3 N–H and O–H groups in total. The van der Waals surface area contributed by atoms with Crippen LogP contribution < -0.4 is 11.1 Å². The number of hydrogen-bond acceptors (Lipinski definition) is 4. The van der Waals surface area contributed by atoms with Crippen LogP contribution in [0.4, 0.5) is 0 Å². The van der Waals surface area contributed by atoms with Crippen molar-refractivity contribution in [3.05, 3.63) is 0 Å². The molecule has 15 heavy (non-hydrogen) atoms. The van der Waals surface area contributed by atoms with E-state index >= 15 is 0 Å². The van der Waals surface area contributed by atoms with E-state index in [-0.39, 0.29) is 11.9 Å². The molecule has 0 saturated heterocycles. The van der Waals surface area contributed by atoms with Gasteiger partial charge in [0.1, 0.15) is 6.04 Å². The summed E-state index contributed by atoms with van der Waals surface area (Å²) in [5.41, 5.74) is 5.23. The third-order valence-electron chi connectivity index (χ3n) is 2.25. The summed E-state index contributed by atoms with van der Waals surface area (Å²) in [6.45, 7) is 5.58. The van der Waals surface area contributed by atoms with Crippen molar-refractivity contribution < 1.29 is 14.3 Å². The first kappa shape index (κ1) is 13.9. The molecule has 0 fully saturated rings. The fourth-order valence-corrected chi connectivity index (χ4v) is 1.31. The van der Waals surface area contributed by atoms with Crippen molar-refractivity contribution in [3.63, 3.8) is 0 Å². The number of carbonyl (C=O) groups is 2. The van der Waals surface area contributed by atoms with E-state index < -0.39 is 18.0 Å². The fraction of sp³-hybridized carbons (Fsp3) is 0.800. The van der Waals surface area contributed by atoms with Gasteiger partial charge in [-0.25, -0.2) is 0 Å². The molecule has 0 aliphatic carbocycles. The maximum atomic E-state index is 11.3. The quantitative estimate of drug-likeness (QED) is 0.614. The number of nitrogens with two attached hydrogens (primary N) is 1. The van der Waals surface area contributed by atoms with Crippen molar-refractivity contribution in [1.82, 2.24) is 5.32 Å². The van der Waals surface area contributed by atoms with Crippen LogP contribution in [0.3, 0.4) is 0 Å². The smallest absolute Gasteiger partial charge is 0.322 e. The third kappa shape index (κ3) is 4.29. The second-order valence-electron chi connectivity index (χ2n) is 3.77. The van der Waals surface area contributed by atoms with Gasteiger partial charge in [-0.1, -0.05) is 20.8 Å². The zero-order valence-corrected chi connectivity index (χ0v) is 9.74. The summed E-state index contributed by atoms with van der Waals surface area (Å²) in [6, 6.07) is -0.982. The molecule has 1 amide bonds. The number of amides is 1. The molecule has 0 saturated carbocycles. The molecule has 0 aromatic rings. The van der Waals surface area contributed by atoms with Gasteiger partial charge in [0.15, 0.2) is 0 Å². The van der Waals surface area contributed by atoms with Crippen LogP contribution in [0.5, 0.6) is 0 Å². The summed E-state index contributed by atoms with van der Waals surface area (Å²) < 4.78 is 4.61. The molecule has 0 aliphatic rings. The Morgan fingerprint density at radius 3 is 2.20 bits per heavy atom. The molecule has 0 radical (unpaired) electrons. The maximum Gasteiger partial charge on any atom is 0.322 e. The standard InChI is InChI=1S/C10H20N2O3/c1-5-7(10(14)15-4)12-8(6(2)3)9(11)13/h6-8,12H,5H2,1-4H3,(H2,11,13). The van der Waals surface area contributed by atoms with Gasteiger partial charge in [0.2, 0.25) is 5.91 Å². The Morgan fingerprint density at radius 1 is 1.40 bits per heavy atom. The zero-order chi connectivity index (χ0) is 12.0. The lowest BCUT2D eigenvalue weighted by Gasteiger charge is -2.23. The lowest BCUT2D eigenvalue weighted by molar-refractivity contribution is -0.143. The predicted octanol–water partition coefficient (Wildman–Crippen LogP) is 0.0375. The van der Waals surface area contributed by atoms with Crippen LogP contribution in [0, 0.1) is 5.92 Å². The van der Waals surface area contributed by atoms with Gasteiger partial charge in [0.05, 0.1) is 13.2 Å². The molecule has 5 heteroatoms. The van der Waals surface area contributed by atoms with Crippen molar-refractivity contribution in [2.45, 2.75) is 39.3 Å². The number of esters is 1. The first-order chi connectivity index (χ1) is 6.93. The van der Waals surface area contributed by atoms with Crippen LogP contribution in [0.25, 0.3) is 0 Å². The second-order valence-corrected chi connectivity index (χ2v) is 3.77. The minimum absolute atomic E-state index is 0.0428. The largest absolute Gasteiger partial charge is 0.468 e. The molecular weight excluding hydrogens is 196 g/mol. The van der Waals surface area contributed by atoms with Crippen molar-refractivity contribution in [1.29, 1.82) is 0 Å². The molecule has 0 bridgehead atoms. The number of carbonyl (C=O) groups excluding carboxylic acids is 2. The maximum absolute atomic E-state index is 11.3. The Bertz CT molecular complexity index is 229.